The van der Waals surface area contributed by atoms with Crippen LogP contribution in [0.1, 0.15) is 245 Å². The van der Waals surface area contributed by atoms with Crippen LogP contribution in [0.2, 0.25) is 0 Å². The second kappa shape index (κ2) is 53.9. The van der Waals surface area contributed by atoms with Gasteiger partial charge in [0.25, 0.3) is 0 Å². The lowest BCUT2D eigenvalue weighted by molar-refractivity contribution is -0.167. The Balaban J connectivity index is 4.43. The summed E-state index contributed by atoms with van der Waals surface area (Å²) in [4.78, 5) is 38.0. The van der Waals surface area contributed by atoms with Crippen LogP contribution in [0.5, 0.6) is 0 Å². The smallest absolute Gasteiger partial charge is 0.306 e. The molecule has 0 amide bonds. The number of esters is 3. The van der Waals surface area contributed by atoms with Crippen molar-refractivity contribution in [2.24, 2.45) is 0 Å². The van der Waals surface area contributed by atoms with Crippen LogP contribution in [-0.2, 0) is 28.6 Å². The van der Waals surface area contributed by atoms with E-state index in [1.54, 1.807) is 0 Å². The quantitative estimate of drug-likeness (QED) is 0.0262. The molecule has 0 N–H and O–H groups in total. The second-order valence-electron chi connectivity index (χ2n) is 17.7. The van der Waals surface area contributed by atoms with E-state index in [9.17, 15) is 14.4 Å². The van der Waals surface area contributed by atoms with Gasteiger partial charge < -0.3 is 14.2 Å². The van der Waals surface area contributed by atoms with E-state index in [1.807, 2.05) is 0 Å². The first-order valence-corrected chi connectivity index (χ1v) is 27.2. The van der Waals surface area contributed by atoms with Crippen molar-refractivity contribution in [3.05, 3.63) is 97.2 Å². The minimum absolute atomic E-state index is 0.0947. The van der Waals surface area contributed by atoms with Gasteiger partial charge in [0.1, 0.15) is 13.2 Å². The van der Waals surface area contributed by atoms with Crippen LogP contribution in [0.15, 0.2) is 97.2 Å². The maximum Gasteiger partial charge on any atom is 0.306 e. The molecule has 0 fully saturated rings. The molecule has 66 heavy (non-hydrogen) atoms. The van der Waals surface area contributed by atoms with Gasteiger partial charge in [-0.25, -0.2) is 0 Å². The highest BCUT2D eigenvalue weighted by Gasteiger charge is 2.19. The molecule has 1 unspecified atom stereocenters. The Kier molecular flexibility index (Phi) is 50.9. The molecule has 0 saturated carbocycles. The van der Waals surface area contributed by atoms with Crippen LogP contribution in [-0.4, -0.2) is 37.2 Å². The van der Waals surface area contributed by atoms with Crippen LogP contribution >= 0.6 is 0 Å². The largest absolute Gasteiger partial charge is 0.462 e. The van der Waals surface area contributed by atoms with Gasteiger partial charge in [-0.3, -0.25) is 14.4 Å². The molecular weight excluding hydrogens is 817 g/mol. The molecule has 1 atom stereocenters. The zero-order valence-corrected chi connectivity index (χ0v) is 42.9. The SMILES string of the molecule is CC/C=C\C/C=C\C/C=C\C/C=C\C/C=C\CCCCCCCC(=O)OCC(COC(=O)CCCCCCC/C=C\CCCCC)OC(=O)CCCCCCC/C=C\C/C=C\CCCCC. The van der Waals surface area contributed by atoms with E-state index in [1.165, 1.54) is 57.8 Å². The molecule has 0 spiro atoms. The summed E-state index contributed by atoms with van der Waals surface area (Å²) in [5.74, 6) is -0.938. The molecule has 0 aliphatic rings. The first kappa shape index (κ1) is 62.3. The summed E-state index contributed by atoms with van der Waals surface area (Å²) in [5.41, 5.74) is 0. The van der Waals surface area contributed by atoms with Crippen molar-refractivity contribution < 1.29 is 28.6 Å². The number of carbonyl (C=O) groups excluding carboxylic acids is 3. The Labute approximate surface area is 407 Å². The number of hydrogen-bond acceptors (Lipinski definition) is 6. The van der Waals surface area contributed by atoms with Gasteiger partial charge in [0, 0.05) is 19.3 Å². The van der Waals surface area contributed by atoms with Crippen molar-refractivity contribution in [2.45, 2.75) is 252 Å². The number of ether oxygens (including phenoxy) is 3. The van der Waals surface area contributed by atoms with Crippen molar-refractivity contribution in [1.82, 2.24) is 0 Å². The molecule has 0 radical (unpaired) electrons. The minimum atomic E-state index is -0.797. The van der Waals surface area contributed by atoms with E-state index in [-0.39, 0.29) is 31.1 Å². The fraction of sp³-hybridized carbons (Fsp3) is 0.683. The standard InChI is InChI=1S/C60H100O6/c1-4-7-10-13-16-19-22-25-27-28-29-30-31-32-34-35-38-41-44-47-50-53-59(62)65-56-57(55-64-58(61)52-49-46-43-40-37-24-21-18-15-12-9-6-3)66-60(63)54-51-48-45-42-39-36-33-26-23-20-17-14-11-8-5-2/h7,10,16-21,25-27,29-30,32-34,57H,4-6,8-9,11-15,22-24,28,31,35-56H2,1-3H3/b10-7-,19-16-,20-17-,21-18-,27-25-,30-29-,33-26-,34-32-. The first-order valence-electron chi connectivity index (χ1n) is 27.2. The van der Waals surface area contributed by atoms with Gasteiger partial charge in [-0.2, -0.15) is 0 Å². The van der Waals surface area contributed by atoms with Gasteiger partial charge in [-0.05, 0) is 122 Å². The molecule has 0 aliphatic carbocycles. The maximum atomic E-state index is 12.8. The molecule has 0 aliphatic heterocycles. The van der Waals surface area contributed by atoms with E-state index in [0.29, 0.717) is 19.3 Å². The van der Waals surface area contributed by atoms with Gasteiger partial charge in [0.15, 0.2) is 6.10 Å². The zero-order valence-electron chi connectivity index (χ0n) is 42.9. The van der Waals surface area contributed by atoms with Gasteiger partial charge >= 0.3 is 17.9 Å². The van der Waals surface area contributed by atoms with Gasteiger partial charge in [-0.1, -0.05) is 201 Å². The van der Waals surface area contributed by atoms with Crippen molar-refractivity contribution in [1.29, 1.82) is 0 Å². The second-order valence-corrected chi connectivity index (χ2v) is 17.7. The fourth-order valence-corrected chi connectivity index (χ4v) is 7.20. The molecule has 0 rings (SSSR count). The van der Waals surface area contributed by atoms with E-state index < -0.39 is 6.10 Å². The number of carbonyl (C=O) groups is 3. The summed E-state index contributed by atoms with van der Waals surface area (Å²) < 4.78 is 16.8. The van der Waals surface area contributed by atoms with E-state index in [0.717, 1.165) is 148 Å². The third kappa shape index (κ3) is 51.3. The van der Waals surface area contributed by atoms with E-state index in [2.05, 4.69) is 118 Å². The molecule has 6 heteroatoms. The lowest BCUT2D eigenvalue weighted by Gasteiger charge is -2.18. The van der Waals surface area contributed by atoms with Crippen molar-refractivity contribution in [2.75, 3.05) is 13.2 Å². The molecular formula is C60H100O6. The van der Waals surface area contributed by atoms with Crippen LogP contribution in [0.3, 0.4) is 0 Å². The monoisotopic (exact) mass is 917 g/mol. The number of unbranched alkanes of at least 4 members (excludes halogenated alkanes) is 21. The summed E-state index contributed by atoms with van der Waals surface area (Å²) in [7, 11) is 0. The molecule has 0 saturated heterocycles. The first-order chi connectivity index (χ1) is 32.5. The summed E-state index contributed by atoms with van der Waals surface area (Å²) in [6, 6.07) is 0. The van der Waals surface area contributed by atoms with Crippen LogP contribution in [0.25, 0.3) is 0 Å². The maximum absolute atomic E-state index is 12.8. The van der Waals surface area contributed by atoms with Crippen LogP contribution in [0, 0.1) is 0 Å². The highest BCUT2D eigenvalue weighted by molar-refractivity contribution is 5.71. The Bertz CT molecular complexity index is 1330. The van der Waals surface area contributed by atoms with Gasteiger partial charge in [0.2, 0.25) is 0 Å². The van der Waals surface area contributed by atoms with Crippen LogP contribution < -0.4 is 0 Å². The molecule has 376 valence electrons. The molecule has 0 heterocycles. The fourth-order valence-electron chi connectivity index (χ4n) is 7.20. The van der Waals surface area contributed by atoms with E-state index >= 15 is 0 Å². The third-order valence-corrected chi connectivity index (χ3v) is 11.3. The molecule has 0 aromatic carbocycles. The van der Waals surface area contributed by atoms with Gasteiger partial charge in [0.05, 0.1) is 0 Å². The highest BCUT2D eigenvalue weighted by atomic mass is 16.6. The third-order valence-electron chi connectivity index (χ3n) is 11.3. The average Bonchev–Trinajstić information content (AvgIpc) is 3.31. The highest BCUT2D eigenvalue weighted by Crippen LogP contribution is 2.13. The Morgan fingerprint density at radius 3 is 0.939 bits per heavy atom. The summed E-state index contributed by atoms with van der Waals surface area (Å²) in [6.07, 6.45) is 71.0. The molecule has 0 aromatic heterocycles. The average molecular weight is 917 g/mol. The normalized spacial score (nSPS) is 12.8. The van der Waals surface area contributed by atoms with Crippen LogP contribution in [0.4, 0.5) is 0 Å². The predicted molar refractivity (Wildman–Crippen MR) is 284 cm³/mol. The molecule has 0 bridgehead atoms. The van der Waals surface area contributed by atoms with Crippen molar-refractivity contribution in [3.63, 3.8) is 0 Å². The number of allylic oxidation sites excluding steroid dienone is 16. The van der Waals surface area contributed by atoms with Crippen molar-refractivity contribution >= 4 is 17.9 Å². The van der Waals surface area contributed by atoms with E-state index in [4.69, 9.17) is 14.2 Å². The lowest BCUT2D eigenvalue weighted by atomic mass is 10.1. The zero-order chi connectivity index (χ0) is 47.9. The topological polar surface area (TPSA) is 78.9 Å². The minimum Gasteiger partial charge on any atom is -0.462 e. The number of hydrogen-bond donors (Lipinski definition) is 0. The Morgan fingerprint density at radius 1 is 0.318 bits per heavy atom. The molecule has 0 aromatic rings. The van der Waals surface area contributed by atoms with Crippen molar-refractivity contribution in [3.8, 4) is 0 Å². The summed E-state index contributed by atoms with van der Waals surface area (Å²) in [6.45, 7) is 6.43. The molecule has 6 nitrogen and oxygen atoms in total. The Hall–Kier alpha value is -3.67. The predicted octanol–water partition coefficient (Wildman–Crippen LogP) is 18.1. The van der Waals surface area contributed by atoms with Gasteiger partial charge in [-0.15, -0.1) is 0 Å². The Morgan fingerprint density at radius 2 is 0.591 bits per heavy atom. The summed E-state index contributed by atoms with van der Waals surface area (Å²) >= 11 is 0. The number of rotatable bonds is 48. The lowest BCUT2D eigenvalue weighted by Crippen LogP contribution is -2.30. The summed E-state index contributed by atoms with van der Waals surface area (Å²) in [5, 5.41) is 0.